The second-order valence-corrected chi connectivity index (χ2v) is 5.94. The maximum atomic E-state index is 12.3. The molecule has 1 atom stereocenters. The Balaban J connectivity index is 2.04. The number of ether oxygens (including phenoxy) is 2. The molecule has 2 N–H and O–H groups in total. The summed E-state index contributed by atoms with van der Waals surface area (Å²) in [6, 6.07) is 11.2. The van der Waals surface area contributed by atoms with Gasteiger partial charge in [0.05, 0.1) is 32.1 Å². The van der Waals surface area contributed by atoms with Gasteiger partial charge in [-0.15, -0.1) is 0 Å². The summed E-state index contributed by atoms with van der Waals surface area (Å²) in [6.07, 6.45) is 1.56. The van der Waals surface area contributed by atoms with Crippen LogP contribution in [0.3, 0.4) is 0 Å². The molecule has 0 radical (unpaired) electrons. The minimum atomic E-state index is -0.276. The van der Waals surface area contributed by atoms with Crippen LogP contribution >= 0.6 is 0 Å². The zero-order chi connectivity index (χ0) is 19.6. The molecule has 0 aliphatic rings. The lowest BCUT2D eigenvalue weighted by molar-refractivity contribution is 0.209. The maximum Gasteiger partial charge on any atom is 0.319 e. The van der Waals surface area contributed by atoms with Gasteiger partial charge in [0.1, 0.15) is 5.75 Å². The zero-order valence-corrected chi connectivity index (χ0v) is 16.4. The molecule has 0 saturated heterocycles. The Bertz CT molecular complexity index is 717. The number of nitrogens with one attached hydrogen (secondary N) is 2. The second kappa shape index (κ2) is 10.4. The zero-order valence-electron chi connectivity index (χ0n) is 16.4. The highest BCUT2D eigenvalue weighted by molar-refractivity contribution is 5.89. The monoisotopic (exact) mass is 372 g/mol. The number of amides is 2. The summed E-state index contributed by atoms with van der Waals surface area (Å²) in [5.74, 6) is 1.30. The number of benzene rings is 1. The average molecular weight is 372 g/mol. The first kappa shape index (κ1) is 20.5. The Morgan fingerprint density at radius 3 is 2.52 bits per heavy atom. The van der Waals surface area contributed by atoms with E-state index in [1.807, 2.05) is 18.2 Å². The molecule has 0 fully saturated rings. The van der Waals surface area contributed by atoms with E-state index < -0.39 is 0 Å². The predicted octanol–water partition coefficient (Wildman–Crippen LogP) is 3.30. The molecule has 1 heterocycles. The first-order chi connectivity index (χ1) is 13.1. The molecule has 0 spiro atoms. The molecule has 1 aromatic heterocycles. The van der Waals surface area contributed by atoms with Gasteiger partial charge in [0, 0.05) is 12.6 Å². The average Bonchev–Trinajstić information content (AvgIpc) is 2.71. The van der Waals surface area contributed by atoms with Crippen LogP contribution in [0, 0.1) is 0 Å². The summed E-state index contributed by atoms with van der Waals surface area (Å²) in [5.41, 5.74) is 1.71. The molecule has 0 aliphatic heterocycles. The van der Waals surface area contributed by atoms with Crippen LogP contribution in [0.25, 0.3) is 0 Å². The number of pyridine rings is 1. The summed E-state index contributed by atoms with van der Waals surface area (Å²) >= 11 is 0. The molecule has 2 rings (SSSR count). The van der Waals surface area contributed by atoms with E-state index in [2.05, 4.69) is 40.4 Å². The molecule has 0 saturated carbocycles. The van der Waals surface area contributed by atoms with Crippen LogP contribution in [0.1, 0.15) is 25.5 Å². The summed E-state index contributed by atoms with van der Waals surface area (Å²) in [5, 5.41) is 5.74. The van der Waals surface area contributed by atoms with Crippen molar-refractivity contribution in [1.82, 2.24) is 15.2 Å². The van der Waals surface area contributed by atoms with E-state index in [4.69, 9.17) is 9.47 Å². The predicted molar refractivity (Wildman–Crippen MR) is 106 cm³/mol. The lowest BCUT2D eigenvalue weighted by atomic mass is 10.0. The van der Waals surface area contributed by atoms with Crippen LogP contribution in [0.15, 0.2) is 42.6 Å². The van der Waals surface area contributed by atoms with Crippen molar-refractivity contribution in [2.45, 2.75) is 19.9 Å². The molecular weight excluding hydrogens is 344 g/mol. The first-order valence-electron chi connectivity index (χ1n) is 9.04. The molecule has 7 heteroatoms. The van der Waals surface area contributed by atoms with Crippen LogP contribution in [0.5, 0.6) is 11.6 Å². The van der Waals surface area contributed by atoms with Gasteiger partial charge in [0.15, 0.2) is 0 Å². The quantitative estimate of drug-likeness (QED) is 0.706. The molecule has 2 aromatic rings. The van der Waals surface area contributed by atoms with Crippen molar-refractivity contribution >= 4 is 11.7 Å². The highest BCUT2D eigenvalue weighted by Gasteiger charge is 2.19. The van der Waals surface area contributed by atoms with Crippen molar-refractivity contribution in [2.75, 3.05) is 39.2 Å². The second-order valence-electron chi connectivity index (χ2n) is 5.94. The summed E-state index contributed by atoms with van der Waals surface area (Å²) in [6.45, 7) is 6.46. The number of hydrogen-bond acceptors (Lipinski definition) is 5. The molecule has 7 nitrogen and oxygen atoms in total. The van der Waals surface area contributed by atoms with Crippen molar-refractivity contribution in [2.24, 2.45) is 0 Å². The van der Waals surface area contributed by atoms with Gasteiger partial charge in [-0.2, -0.15) is 0 Å². The number of carbonyl (C=O) groups excluding carboxylic acids is 1. The van der Waals surface area contributed by atoms with Crippen LogP contribution in [-0.2, 0) is 0 Å². The topological polar surface area (TPSA) is 75.7 Å². The van der Waals surface area contributed by atoms with E-state index in [1.54, 1.807) is 32.5 Å². The van der Waals surface area contributed by atoms with Gasteiger partial charge in [0.25, 0.3) is 0 Å². The fourth-order valence-electron chi connectivity index (χ4n) is 2.91. The maximum absolute atomic E-state index is 12.3. The number of methoxy groups -OCH3 is 2. The van der Waals surface area contributed by atoms with Gasteiger partial charge in [0.2, 0.25) is 5.88 Å². The minimum Gasteiger partial charge on any atom is -0.497 e. The van der Waals surface area contributed by atoms with Gasteiger partial charge in [-0.1, -0.05) is 26.0 Å². The first-order valence-corrected chi connectivity index (χ1v) is 9.04. The smallest absolute Gasteiger partial charge is 0.319 e. The minimum absolute atomic E-state index is 0.0508. The Labute approximate surface area is 160 Å². The number of anilines is 1. The number of rotatable bonds is 9. The van der Waals surface area contributed by atoms with E-state index in [1.165, 1.54) is 0 Å². The molecule has 1 aromatic carbocycles. The van der Waals surface area contributed by atoms with Crippen LogP contribution in [0.2, 0.25) is 0 Å². The van der Waals surface area contributed by atoms with Gasteiger partial charge in [-0.25, -0.2) is 9.78 Å². The summed E-state index contributed by atoms with van der Waals surface area (Å²) < 4.78 is 10.4. The van der Waals surface area contributed by atoms with Crippen molar-refractivity contribution in [3.63, 3.8) is 0 Å². The van der Waals surface area contributed by atoms with Crippen LogP contribution < -0.4 is 20.1 Å². The Morgan fingerprint density at radius 2 is 1.93 bits per heavy atom. The highest BCUT2D eigenvalue weighted by Crippen LogP contribution is 2.24. The van der Waals surface area contributed by atoms with Crippen molar-refractivity contribution in [3.05, 3.63) is 48.2 Å². The van der Waals surface area contributed by atoms with Crippen molar-refractivity contribution < 1.29 is 14.3 Å². The molecule has 27 heavy (non-hydrogen) atoms. The van der Waals surface area contributed by atoms with Crippen LogP contribution in [0.4, 0.5) is 10.5 Å². The molecule has 1 unspecified atom stereocenters. The third-order valence-corrected chi connectivity index (χ3v) is 4.39. The molecule has 0 bridgehead atoms. The van der Waals surface area contributed by atoms with Gasteiger partial charge in [-0.05, 0) is 36.9 Å². The molecule has 146 valence electrons. The Kier molecular flexibility index (Phi) is 7.88. The largest absolute Gasteiger partial charge is 0.497 e. The van der Waals surface area contributed by atoms with E-state index in [0.717, 1.165) is 24.4 Å². The third kappa shape index (κ3) is 5.86. The van der Waals surface area contributed by atoms with Crippen molar-refractivity contribution in [1.29, 1.82) is 0 Å². The number of urea groups is 1. The molecule has 2 amide bonds. The fourth-order valence-corrected chi connectivity index (χ4v) is 2.91. The summed E-state index contributed by atoms with van der Waals surface area (Å²) in [7, 11) is 3.20. The number of likely N-dealkylation sites (N-methyl/N-ethyl adjacent to an activating group) is 1. The van der Waals surface area contributed by atoms with Gasteiger partial charge in [-0.3, -0.25) is 4.90 Å². The lowest BCUT2D eigenvalue weighted by Crippen LogP contribution is -2.39. The fraction of sp³-hybridized carbons (Fsp3) is 0.400. The Hall–Kier alpha value is -2.80. The number of carbonyl (C=O) groups is 1. The normalized spacial score (nSPS) is 11.7. The summed E-state index contributed by atoms with van der Waals surface area (Å²) in [4.78, 5) is 18.7. The van der Waals surface area contributed by atoms with E-state index >= 15 is 0 Å². The van der Waals surface area contributed by atoms with Crippen molar-refractivity contribution in [3.8, 4) is 11.6 Å². The van der Waals surface area contributed by atoms with E-state index in [9.17, 15) is 4.79 Å². The standard InChI is InChI=1S/C20H28N4O3/c1-5-24(6-2)18(15-8-7-9-17(12-15)26-3)14-22-20(25)23-16-10-11-19(27-4)21-13-16/h7-13,18H,5-6,14H2,1-4H3,(H2,22,23,25). The molecular formula is C20H28N4O3. The molecule has 0 aliphatic carbocycles. The van der Waals surface area contributed by atoms with Gasteiger partial charge >= 0.3 is 6.03 Å². The Morgan fingerprint density at radius 1 is 1.15 bits per heavy atom. The third-order valence-electron chi connectivity index (χ3n) is 4.39. The SMILES string of the molecule is CCN(CC)C(CNC(=O)Nc1ccc(OC)nc1)c1cccc(OC)c1. The number of hydrogen-bond donors (Lipinski definition) is 2. The highest BCUT2D eigenvalue weighted by atomic mass is 16.5. The van der Waals surface area contributed by atoms with E-state index in [-0.39, 0.29) is 12.1 Å². The number of nitrogens with zero attached hydrogens (tertiary/aromatic N) is 2. The van der Waals surface area contributed by atoms with E-state index in [0.29, 0.717) is 18.1 Å². The number of aromatic nitrogens is 1. The lowest BCUT2D eigenvalue weighted by Gasteiger charge is -2.30. The van der Waals surface area contributed by atoms with Crippen LogP contribution in [-0.4, -0.2) is 49.8 Å². The van der Waals surface area contributed by atoms with Gasteiger partial charge < -0.3 is 20.1 Å².